The van der Waals surface area contributed by atoms with E-state index in [1.807, 2.05) is 30.3 Å². The smallest absolute Gasteiger partial charge is 0.219 e. The largest absolute Gasteiger partial charge is 0.356 e. The number of para-hydroxylation sites is 1. The van der Waals surface area contributed by atoms with E-state index in [1.54, 1.807) is 4.68 Å². The van der Waals surface area contributed by atoms with Gasteiger partial charge in [-0.25, -0.2) is 0 Å². The van der Waals surface area contributed by atoms with Crippen LogP contribution in [0.15, 0.2) is 30.3 Å². The van der Waals surface area contributed by atoms with Crippen molar-refractivity contribution in [3.63, 3.8) is 0 Å². The standard InChI is InChI=1S/C18H27N5O/c1-2-3-4-10-15-19-18(24)14-9-8-13-17-20-21-22-23(17)16-11-6-5-7-12-16/h5-7,11-12H,2-4,8-10,13-15H2,1H3,(H,19,24). The maximum absolute atomic E-state index is 11.8. The molecule has 6 heteroatoms. The minimum absolute atomic E-state index is 0.147. The molecular weight excluding hydrogens is 302 g/mol. The van der Waals surface area contributed by atoms with Crippen molar-refractivity contribution >= 4 is 5.91 Å². The van der Waals surface area contributed by atoms with Crippen LogP contribution in [0, 0.1) is 0 Å². The van der Waals surface area contributed by atoms with Crippen molar-refractivity contribution in [3.8, 4) is 5.69 Å². The number of carbonyl (C=O) groups excluding carboxylic acids is 1. The third-order valence-electron chi connectivity index (χ3n) is 3.94. The van der Waals surface area contributed by atoms with E-state index in [-0.39, 0.29) is 5.91 Å². The molecule has 0 unspecified atom stereocenters. The molecule has 2 aromatic rings. The van der Waals surface area contributed by atoms with Crippen LogP contribution in [0.3, 0.4) is 0 Å². The SMILES string of the molecule is CCCCCCNC(=O)CCCCc1nnnn1-c1ccccc1. The summed E-state index contributed by atoms with van der Waals surface area (Å²) in [7, 11) is 0. The quantitative estimate of drug-likeness (QED) is 0.643. The molecule has 0 bridgehead atoms. The van der Waals surface area contributed by atoms with E-state index in [9.17, 15) is 4.79 Å². The van der Waals surface area contributed by atoms with E-state index < -0.39 is 0 Å². The lowest BCUT2D eigenvalue weighted by Gasteiger charge is -2.06. The molecule has 0 spiro atoms. The number of nitrogens with one attached hydrogen (secondary N) is 1. The Kier molecular flexibility index (Phi) is 7.93. The molecular formula is C18H27N5O. The average molecular weight is 329 g/mol. The highest BCUT2D eigenvalue weighted by atomic mass is 16.1. The van der Waals surface area contributed by atoms with Crippen molar-refractivity contribution in [2.45, 2.75) is 58.3 Å². The van der Waals surface area contributed by atoms with Gasteiger partial charge in [0.05, 0.1) is 5.69 Å². The van der Waals surface area contributed by atoms with Gasteiger partial charge in [0.15, 0.2) is 5.82 Å². The van der Waals surface area contributed by atoms with Gasteiger partial charge in [0.2, 0.25) is 5.91 Å². The van der Waals surface area contributed by atoms with Crippen LogP contribution >= 0.6 is 0 Å². The van der Waals surface area contributed by atoms with Crippen molar-refractivity contribution in [3.05, 3.63) is 36.2 Å². The first kappa shape index (κ1) is 18.1. The van der Waals surface area contributed by atoms with E-state index in [0.29, 0.717) is 6.42 Å². The lowest BCUT2D eigenvalue weighted by atomic mass is 10.1. The second-order valence-electron chi connectivity index (χ2n) is 5.96. The third-order valence-corrected chi connectivity index (χ3v) is 3.94. The lowest BCUT2D eigenvalue weighted by Crippen LogP contribution is -2.24. The summed E-state index contributed by atoms with van der Waals surface area (Å²) in [6.07, 6.45) is 7.82. The number of unbranched alkanes of at least 4 members (excludes halogenated alkanes) is 4. The fraction of sp³-hybridized carbons (Fsp3) is 0.556. The molecule has 0 aliphatic rings. The van der Waals surface area contributed by atoms with E-state index in [0.717, 1.165) is 43.7 Å². The predicted octanol–water partition coefficient (Wildman–Crippen LogP) is 3.07. The summed E-state index contributed by atoms with van der Waals surface area (Å²) in [6, 6.07) is 9.85. The Balaban J connectivity index is 1.65. The maximum atomic E-state index is 11.8. The number of amides is 1. The summed E-state index contributed by atoms with van der Waals surface area (Å²) in [5, 5.41) is 14.9. The highest BCUT2D eigenvalue weighted by Crippen LogP contribution is 2.10. The van der Waals surface area contributed by atoms with Gasteiger partial charge in [0.25, 0.3) is 0 Å². The zero-order valence-electron chi connectivity index (χ0n) is 14.4. The number of tetrazole rings is 1. The minimum Gasteiger partial charge on any atom is -0.356 e. The number of aromatic nitrogens is 4. The number of rotatable bonds is 11. The highest BCUT2D eigenvalue weighted by Gasteiger charge is 2.08. The molecule has 130 valence electrons. The topological polar surface area (TPSA) is 72.7 Å². The molecule has 6 nitrogen and oxygen atoms in total. The normalized spacial score (nSPS) is 10.7. The number of benzene rings is 1. The van der Waals surface area contributed by atoms with E-state index in [4.69, 9.17) is 0 Å². The molecule has 1 aromatic heterocycles. The minimum atomic E-state index is 0.147. The summed E-state index contributed by atoms with van der Waals surface area (Å²) in [5.41, 5.74) is 0.960. The molecule has 2 rings (SSSR count). The Hall–Kier alpha value is -2.24. The molecule has 0 radical (unpaired) electrons. The highest BCUT2D eigenvalue weighted by molar-refractivity contribution is 5.75. The molecule has 1 heterocycles. The summed E-state index contributed by atoms with van der Waals surface area (Å²) in [5.74, 6) is 0.982. The van der Waals surface area contributed by atoms with Crippen molar-refractivity contribution < 1.29 is 4.79 Å². The molecule has 24 heavy (non-hydrogen) atoms. The first-order chi connectivity index (χ1) is 11.8. The molecule has 1 N–H and O–H groups in total. The van der Waals surface area contributed by atoms with Gasteiger partial charge in [-0.2, -0.15) is 4.68 Å². The van der Waals surface area contributed by atoms with Crippen molar-refractivity contribution in [2.24, 2.45) is 0 Å². The number of hydrogen-bond donors (Lipinski definition) is 1. The number of aryl methyl sites for hydroxylation is 1. The summed E-state index contributed by atoms with van der Waals surface area (Å²) in [4.78, 5) is 11.8. The van der Waals surface area contributed by atoms with Crippen LogP contribution in [-0.4, -0.2) is 32.7 Å². The molecule has 0 saturated heterocycles. The van der Waals surface area contributed by atoms with Crippen LogP contribution in [0.1, 0.15) is 57.7 Å². The molecule has 1 aromatic carbocycles. The van der Waals surface area contributed by atoms with Crippen LogP contribution in [0.25, 0.3) is 5.69 Å². The summed E-state index contributed by atoms with van der Waals surface area (Å²) >= 11 is 0. The molecule has 0 atom stereocenters. The van der Waals surface area contributed by atoms with Gasteiger partial charge in [-0.15, -0.1) is 5.10 Å². The molecule has 1 amide bonds. The zero-order chi connectivity index (χ0) is 17.0. The molecule has 0 fully saturated rings. The van der Waals surface area contributed by atoms with Crippen LogP contribution in [0.2, 0.25) is 0 Å². The zero-order valence-corrected chi connectivity index (χ0v) is 14.4. The molecule has 0 aliphatic carbocycles. The number of hydrogen-bond acceptors (Lipinski definition) is 4. The van der Waals surface area contributed by atoms with E-state index in [1.165, 1.54) is 19.3 Å². The molecule has 0 saturated carbocycles. The van der Waals surface area contributed by atoms with Crippen LogP contribution in [0.5, 0.6) is 0 Å². The predicted molar refractivity (Wildman–Crippen MR) is 93.9 cm³/mol. The van der Waals surface area contributed by atoms with Crippen LogP contribution in [-0.2, 0) is 11.2 Å². The second-order valence-corrected chi connectivity index (χ2v) is 5.96. The Morgan fingerprint density at radius 1 is 1.08 bits per heavy atom. The van der Waals surface area contributed by atoms with Gasteiger partial charge < -0.3 is 5.32 Å². The average Bonchev–Trinajstić information content (AvgIpc) is 3.08. The fourth-order valence-corrected chi connectivity index (χ4v) is 2.57. The van der Waals surface area contributed by atoms with Gasteiger partial charge in [0.1, 0.15) is 0 Å². The molecule has 0 aliphatic heterocycles. The first-order valence-corrected chi connectivity index (χ1v) is 8.90. The van der Waals surface area contributed by atoms with Gasteiger partial charge in [-0.1, -0.05) is 44.4 Å². The lowest BCUT2D eigenvalue weighted by molar-refractivity contribution is -0.121. The van der Waals surface area contributed by atoms with Gasteiger partial charge in [-0.05, 0) is 41.8 Å². The van der Waals surface area contributed by atoms with Crippen molar-refractivity contribution in [2.75, 3.05) is 6.54 Å². The summed E-state index contributed by atoms with van der Waals surface area (Å²) in [6.45, 7) is 2.98. The second kappa shape index (κ2) is 10.5. The van der Waals surface area contributed by atoms with E-state index in [2.05, 4.69) is 27.8 Å². The van der Waals surface area contributed by atoms with Gasteiger partial charge in [0, 0.05) is 19.4 Å². The van der Waals surface area contributed by atoms with Gasteiger partial charge in [-0.3, -0.25) is 4.79 Å². The third kappa shape index (κ3) is 6.10. The van der Waals surface area contributed by atoms with Gasteiger partial charge >= 0.3 is 0 Å². The van der Waals surface area contributed by atoms with E-state index >= 15 is 0 Å². The maximum Gasteiger partial charge on any atom is 0.219 e. The van der Waals surface area contributed by atoms with Crippen molar-refractivity contribution in [1.82, 2.24) is 25.5 Å². The monoisotopic (exact) mass is 329 g/mol. The number of nitrogens with zero attached hydrogens (tertiary/aromatic N) is 4. The fourth-order valence-electron chi connectivity index (χ4n) is 2.57. The van der Waals surface area contributed by atoms with Crippen molar-refractivity contribution in [1.29, 1.82) is 0 Å². The van der Waals surface area contributed by atoms with Crippen LogP contribution < -0.4 is 5.32 Å². The Morgan fingerprint density at radius 2 is 1.92 bits per heavy atom. The Morgan fingerprint density at radius 3 is 2.71 bits per heavy atom. The Labute approximate surface area is 143 Å². The van der Waals surface area contributed by atoms with Crippen LogP contribution in [0.4, 0.5) is 0 Å². The number of carbonyl (C=O) groups is 1. The first-order valence-electron chi connectivity index (χ1n) is 8.90. The summed E-state index contributed by atoms with van der Waals surface area (Å²) < 4.78 is 1.76. The Bertz CT molecular complexity index is 596.